The molecule has 12 heteroatoms. The molecular formula is C17H17F6N5O. The second-order valence-electron chi connectivity index (χ2n) is 6.05. The molecule has 0 bridgehead atoms. The third kappa shape index (κ3) is 6.22. The van der Waals surface area contributed by atoms with Gasteiger partial charge in [0.1, 0.15) is 5.69 Å². The van der Waals surface area contributed by atoms with Crippen LogP contribution in [0.4, 0.5) is 32.2 Å². The van der Waals surface area contributed by atoms with Crippen molar-refractivity contribution in [2.75, 3.05) is 5.32 Å². The summed E-state index contributed by atoms with van der Waals surface area (Å²) in [7, 11) is 0. The fourth-order valence-electron chi connectivity index (χ4n) is 2.05. The van der Waals surface area contributed by atoms with Crippen molar-refractivity contribution in [1.29, 1.82) is 0 Å². The van der Waals surface area contributed by atoms with E-state index in [2.05, 4.69) is 20.7 Å². The number of carbonyl (C=O) groups excluding carboxylic acids is 1. The smallest absolute Gasteiger partial charge is 0.309 e. The maximum Gasteiger partial charge on any atom is 0.432 e. The maximum atomic E-state index is 12.7. The Morgan fingerprint density at radius 2 is 1.76 bits per heavy atom. The van der Waals surface area contributed by atoms with Crippen molar-refractivity contribution in [1.82, 2.24) is 15.5 Å². The van der Waals surface area contributed by atoms with Crippen molar-refractivity contribution in [3.63, 3.8) is 0 Å². The summed E-state index contributed by atoms with van der Waals surface area (Å²) in [5.74, 6) is -1.23. The number of aromatic nitrogens is 2. The predicted octanol–water partition coefficient (Wildman–Crippen LogP) is 4.44. The molecule has 0 spiro atoms. The molecule has 0 saturated carbocycles. The molecule has 2 aromatic rings. The largest absolute Gasteiger partial charge is 0.432 e. The van der Waals surface area contributed by atoms with Crippen LogP contribution < -0.4 is 10.6 Å². The second-order valence-corrected chi connectivity index (χ2v) is 6.05. The second kappa shape index (κ2) is 8.53. The number of rotatable bonds is 4. The normalized spacial score (nSPS) is 13.9. The van der Waals surface area contributed by atoms with E-state index in [0.717, 1.165) is 24.3 Å². The van der Waals surface area contributed by atoms with E-state index in [1.165, 1.54) is 0 Å². The van der Waals surface area contributed by atoms with Gasteiger partial charge in [0.15, 0.2) is 5.82 Å². The van der Waals surface area contributed by atoms with Gasteiger partial charge in [-0.25, -0.2) is 4.99 Å². The van der Waals surface area contributed by atoms with Crippen molar-refractivity contribution in [2.45, 2.75) is 38.7 Å². The summed E-state index contributed by atoms with van der Waals surface area (Å²) in [6, 6.07) is 3.85. The third-order valence-corrected chi connectivity index (χ3v) is 3.78. The van der Waals surface area contributed by atoms with Crippen LogP contribution in [0.15, 0.2) is 35.3 Å². The van der Waals surface area contributed by atoms with Gasteiger partial charge in [0.05, 0.1) is 11.6 Å². The zero-order chi connectivity index (χ0) is 21.8. The molecule has 0 aliphatic heterocycles. The standard InChI is InChI=1S/C17H17F6N5O/c1-3-9(2)24-15(25-13-8-12(27-28-13)17(21,22)23)26-14(29)10-4-6-11(7-5-10)16(18,19)20/h4-9H,3H2,1-2H3,(H3,24,25,26,27,28,29). The molecule has 158 valence electrons. The van der Waals surface area contributed by atoms with E-state index >= 15 is 0 Å². The van der Waals surface area contributed by atoms with Crippen molar-refractivity contribution in [3.05, 3.63) is 47.2 Å². The molecule has 0 fully saturated rings. The molecule has 0 saturated heterocycles. The fourth-order valence-corrected chi connectivity index (χ4v) is 2.05. The lowest BCUT2D eigenvalue weighted by molar-refractivity contribution is -0.141. The summed E-state index contributed by atoms with van der Waals surface area (Å²) in [4.78, 5) is 16.5. The number of anilines is 1. The lowest BCUT2D eigenvalue weighted by Crippen LogP contribution is -2.37. The van der Waals surface area contributed by atoms with E-state index in [9.17, 15) is 31.1 Å². The van der Waals surface area contributed by atoms with Gasteiger partial charge in [0.25, 0.3) is 5.91 Å². The molecule has 1 heterocycles. The molecule has 0 aliphatic rings. The summed E-state index contributed by atoms with van der Waals surface area (Å²) in [5, 5.41) is 10.1. The van der Waals surface area contributed by atoms with Gasteiger partial charge < -0.3 is 5.32 Å². The van der Waals surface area contributed by atoms with Crippen LogP contribution in [-0.2, 0) is 12.4 Å². The molecule has 6 nitrogen and oxygen atoms in total. The van der Waals surface area contributed by atoms with Crippen LogP contribution in [0.2, 0.25) is 0 Å². The Morgan fingerprint density at radius 1 is 1.14 bits per heavy atom. The van der Waals surface area contributed by atoms with Crippen LogP contribution in [-0.4, -0.2) is 28.1 Å². The van der Waals surface area contributed by atoms with Gasteiger partial charge >= 0.3 is 12.4 Å². The van der Waals surface area contributed by atoms with Crippen molar-refractivity contribution < 1.29 is 31.1 Å². The Balaban J connectivity index is 2.19. The number of hydrogen-bond donors (Lipinski definition) is 3. The summed E-state index contributed by atoms with van der Waals surface area (Å²) in [5.41, 5.74) is -2.11. The first-order chi connectivity index (χ1) is 13.4. The van der Waals surface area contributed by atoms with E-state index in [1.807, 2.05) is 5.10 Å². The van der Waals surface area contributed by atoms with Crippen molar-refractivity contribution in [3.8, 4) is 0 Å². The van der Waals surface area contributed by atoms with Gasteiger partial charge in [-0.15, -0.1) is 0 Å². The molecule has 0 aliphatic carbocycles. The SMILES string of the molecule is CCC(C)N=C(NC(=O)c1ccc(C(F)(F)F)cc1)Nc1cc(C(F)(F)F)[nH]n1. The molecule has 1 atom stereocenters. The summed E-state index contributed by atoms with van der Waals surface area (Å²) in [6.07, 6.45) is -8.62. The number of carbonyl (C=O) groups is 1. The van der Waals surface area contributed by atoms with Gasteiger partial charge in [-0.1, -0.05) is 6.92 Å². The number of benzene rings is 1. The number of hydrogen-bond acceptors (Lipinski definition) is 3. The van der Waals surface area contributed by atoms with Crippen LogP contribution in [0, 0.1) is 0 Å². The van der Waals surface area contributed by atoms with Gasteiger partial charge in [0, 0.05) is 11.6 Å². The Bertz CT molecular complexity index is 870. The van der Waals surface area contributed by atoms with E-state index in [1.54, 1.807) is 13.8 Å². The number of aliphatic imine (C=N–C) groups is 1. The molecule has 1 unspecified atom stereocenters. The minimum atomic E-state index is -4.63. The number of guanidine groups is 1. The first kappa shape index (κ1) is 22.2. The summed E-state index contributed by atoms with van der Waals surface area (Å²) < 4.78 is 75.9. The predicted molar refractivity (Wildman–Crippen MR) is 93.3 cm³/mol. The number of nitrogens with one attached hydrogen (secondary N) is 3. The number of halogens is 6. The molecule has 2 rings (SSSR count). The first-order valence-electron chi connectivity index (χ1n) is 8.36. The van der Waals surface area contributed by atoms with Crippen LogP contribution in [0.1, 0.15) is 41.9 Å². The molecular weight excluding hydrogens is 404 g/mol. The number of amides is 1. The lowest BCUT2D eigenvalue weighted by Gasteiger charge is -2.13. The zero-order valence-electron chi connectivity index (χ0n) is 15.2. The number of alkyl halides is 6. The van der Waals surface area contributed by atoms with Gasteiger partial charge in [0.2, 0.25) is 5.96 Å². The highest BCUT2D eigenvalue weighted by Gasteiger charge is 2.33. The van der Waals surface area contributed by atoms with E-state index in [0.29, 0.717) is 12.5 Å². The van der Waals surface area contributed by atoms with Crippen LogP contribution in [0.5, 0.6) is 0 Å². The van der Waals surface area contributed by atoms with Gasteiger partial charge in [-0.05, 0) is 37.6 Å². The third-order valence-electron chi connectivity index (χ3n) is 3.78. The van der Waals surface area contributed by atoms with E-state index < -0.39 is 29.5 Å². The van der Waals surface area contributed by atoms with Gasteiger partial charge in [-0.3, -0.25) is 15.2 Å². The maximum absolute atomic E-state index is 12.7. The lowest BCUT2D eigenvalue weighted by atomic mass is 10.1. The topological polar surface area (TPSA) is 82.2 Å². The van der Waals surface area contributed by atoms with Crippen LogP contribution >= 0.6 is 0 Å². The van der Waals surface area contributed by atoms with Crippen LogP contribution in [0.3, 0.4) is 0 Å². The van der Waals surface area contributed by atoms with Gasteiger partial charge in [-0.2, -0.15) is 31.4 Å². The fraction of sp³-hybridized carbons (Fsp3) is 0.353. The van der Waals surface area contributed by atoms with Crippen LogP contribution in [0.25, 0.3) is 0 Å². The molecule has 1 amide bonds. The Labute approximate surface area is 161 Å². The van der Waals surface area contributed by atoms with Crippen molar-refractivity contribution in [2.24, 2.45) is 4.99 Å². The Kier molecular flexibility index (Phi) is 6.55. The molecule has 29 heavy (non-hydrogen) atoms. The van der Waals surface area contributed by atoms with E-state index in [4.69, 9.17) is 0 Å². The summed E-state index contributed by atoms with van der Waals surface area (Å²) >= 11 is 0. The monoisotopic (exact) mass is 421 g/mol. The molecule has 1 aromatic carbocycles. The Hall–Kier alpha value is -3.05. The first-order valence-corrected chi connectivity index (χ1v) is 8.36. The number of aromatic amines is 1. The highest BCUT2D eigenvalue weighted by molar-refractivity contribution is 6.09. The minimum absolute atomic E-state index is 0.0883. The minimum Gasteiger partial charge on any atom is -0.309 e. The molecule has 1 aromatic heterocycles. The van der Waals surface area contributed by atoms with Crippen molar-refractivity contribution >= 4 is 17.7 Å². The quantitative estimate of drug-likeness (QED) is 0.388. The average Bonchev–Trinajstić information content (AvgIpc) is 3.09. The highest BCUT2D eigenvalue weighted by Crippen LogP contribution is 2.29. The van der Waals surface area contributed by atoms with E-state index in [-0.39, 0.29) is 23.4 Å². The summed E-state index contributed by atoms with van der Waals surface area (Å²) in [6.45, 7) is 3.51. The highest BCUT2D eigenvalue weighted by atomic mass is 19.4. The Morgan fingerprint density at radius 3 is 2.24 bits per heavy atom. The number of nitrogens with zero attached hydrogens (tertiary/aromatic N) is 2. The zero-order valence-corrected chi connectivity index (χ0v) is 15.2. The molecule has 3 N–H and O–H groups in total. The molecule has 0 radical (unpaired) electrons. The average molecular weight is 421 g/mol. The number of H-pyrrole nitrogens is 1.